The van der Waals surface area contributed by atoms with Crippen molar-refractivity contribution in [1.29, 1.82) is 0 Å². The van der Waals surface area contributed by atoms with Crippen LogP contribution in [0.5, 0.6) is 0 Å². The SMILES string of the molecule is NC(=NO)c1cc(CN2CCCCCC2)ccn1. The van der Waals surface area contributed by atoms with Gasteiger partial charge in [0, 0.05) is 12.7 Å². The monoisotopic (exact) mass is 248 g/mol. The molecule has 0 radical (unpaired) electrons. The van der Waals surface area contributed by atoms with Crippen LogP contribution in [0.15, 0.2) is 23.5 Å². The van der Waals surface area contributed by atoms with Crippen LogP contribution in [0.3, 0.4) is 0 Å². The van der Waals surface area contributed by atoms with Crippen molar-refractivity contribution in [2.75, 3.05) is 13.1 Å². The van der Waals surface area contributed by atoms with Gasteiger partial charge in [-0.2, -0.15) is 0 Å². The molecule has 1 aliphatic heterocycles. The maximum absolute atomic E-state index is 8.65. The van der Waals surface area contributed by atoms with Crippen molar-refractivity contribution in [1.82, 2.24) is 9.88 Å². The number of likely N-dealkylation sites (tertiary alicyclic amines) is 1. The lowest BCUT2D eigenvalue weighted by Gasteiger charge is -2.19. The van der Waals surface area contributed by atoms with E-state index in [9.17, 15) is 0 Å². The van der Waals surface area contributed by atoms with Gasteiger partial charge in [0.1, 0.15) is 5.69 Å². The number of pyridine rings is 1. The molecule has 2 rings (SSSR count). The van der Waals surface area contributed by atoms with Gasteiger partial charge in [-0.1, -0.05) is 18.0 Å². The highest BCUT2D eigenvalue weighted by Crippen LogP contribution is 2.13. The number of amidine groups is 1. The van der Waals surface area contributed by atoms with Gasteiger partial charge in [-0.25, -0.2) is 0 Å². The van der Waals surface area contributed by atoms with E-state index in [1.807, 2.05) is 12.1 Å². The van der Waals surface area contributed by atoms with Crippen molar-refractivity contribution >= 4 is 5.84 Å². The quantitative estimate of drug-likeness (QED) is 0.368. The average Bonchev–Trinajstić information content (AvgIpc) is 2.67. The normalized spacial score (nSPS) is 18.6. The fraction of sp³-hybridized carbons (Fsp3) is 0.538. The minimum Gasteiger partial charge on any atom is -0.409 e. The highest BCUT2D eigenvalue weighted by atomic mass is 16.4. The first-order chi connectivity index (χ1) is 8.79. The third-order valence-electron chi connectivity index (χ3n) is 3.30. The first kappa shape index (κ1) is 12.8. The fourth-order valence-electron chi connectivity index (χ4n) is 2.32. The molecular weight excluding hydrogens is 228 g/mol. The van der Waals surface area contributed by atoms with Crippen molar-refractivity contribution in [2.24, 2.45) is 10.9 Å². The molecule has 1 aromatic rings. The first-order valence-corrected chi connectivity index (χ1v) is 6.45. The highest BCUT2D eigenvalue weighted by Gasteiger charge is 2.10. The van der Waals surface area contributed by atoms with Gasteiger partial charge in [0.05, 0.1) is 0 Å². The molecule has 0 saturated carbocycles. The third-order valence-corrected chi connectivity index (χ3v) is 3.30. The molecule has 0 aliphatic carbocycles. The zero-order chi connectivity index (χ0) is 12.8. The Morgan fingerprint density at radius 3 is 2.72 bits per heavy atom. The van der Waals surface area contributed by atoms with Crippen LogP contribution in [0.1, 0.15) is 36.9 Å². The van der Waals surface area contributed by atoms with Crippen LogP contribution in [-0.2, 0) is 6.54 Å². The summed E-state index contributed by atoms with van der Waals surface area (Å²) in [5.41, 5.74) is 7.24. The molecule has 3 N–H and O–H groups in total. The lowest BCUT2D eigenvalue weighted by atomic mass is 10.2. The minimum absolute atomic E-state index is 0.0627. The largest absolute Gasteiger partial charge is 0.409 e. The Balaban J connectivity index is 2.04. The second kappa shape index (κ2) is 6.35. The summed E-state index contributed by atoms with van der Waals surface area (Å²) in [6.07, 6.45) is 6.93. The van der Waals surface area contributed by atoms with Crippen LogP contribution in [0.2, 0.25) is 0 Å². The van der Waals surface area contributed by atoms with E-state index >= 15 is 0 Å². The van der Waals surface area contributed by atoms with Crippen molar-refractivity contribution in [3.8, 4) is 0 Å². The van der Waals surface area contributed by atoms with E-state index < -0.39 is 0 Å². The highest BCUT2D eigenvalue weighted by molar-refractivity contribution is 5.95. The van der Waals surface area contributed by atoms with Crippen molar-refractivity contribution in [3.63, 3.8) is 0 Å². The van der Waals surface area contributed by atoms with E-state index in [1.54, 1.807) is 6.20 Å². The van der Waals surface area contributed by atoms with Crippen LogP contribution in [0.25, 0.3) is 0 Å². The molecule has 1 saturated heterocycles. The maximum Gasteiger partial charge on any atom is 0.188 e. The molecule has 1 aliphatic rings. The Kier molecular flexibility index (Phi) is 4.52. The predicted octanol–water partition coefficient (Wildman–Crippen LogP) is 1.55. The molecule has 0 aromatic carbocycles. The Hall–Kier alpha value is -1.62. The van der Waals surface area contributed by atoms with Gasteiger partial charge in [0.25, 0.3) is 0 Å². The standard InChI is InChI=1S/C13H20N4O/c14-13(16-18)12-9-11(5-6-15-12)10-17-7-3-1-2-4-8-17/h5-6,9,18H,1-4,7-8,10H2,(H2,14,16). The van der Waals surface area contributed by atoms with Gasteiger partial charge < -0.3 is 10.9 Å². The van der Waals surface area contributed by atoms with E-state index in [0.717, 1.165) is 25.2 Å². The number of nitrogens with zero attached hydrogens (tertiary/aromatic N) is 3. The summed E-state index contributed by atoms with van der Waals surface area (Å²) >= 11 is 0. The molecule has 5 heteroatoms. The Labute approximate surface area is 107 Å². The molecule has 0 atom stereocenters. The van der Waals surface area contributed by atoms with Crippen LogP contribution in [-0.4, -0.2) is 34.0 Å². The van der Waals surface area contributed by atoms with E-state index in [0.29, 0.717) is 5.69 Å². The van der Waals surface area contributed by atoms with Crippen molar-refractivity contribution < 1.29 is 5.21 Å². The minimum atomic E-state index is 0.0627. The van der Waals surface area contributed by atoms with Gasteiger partial charge in [0.2, 0.25) is 0 Å². The molecule has 0 spiro atoms. The number of oxime groups is 1. The van der Waals surface area contributed by atoms with Gasteiger partial charge >= 0.3 is 0 Å². The lowest BCUT2D eigenvalue weighted by molar-refractivity contribution is 0.277. The van der Waals surface area contributed by atoms with Gasteiger partial charge in [0.15, 0.2) is 5.84 Å². The van der Waals surface area contributed by atoms with Gasteiger partial charge in [-0.15, -0.1) is 0 Å². The van der Waals surface area contributed by atoms with Crippen LogP contribution in [0, 0.1) is 0 Å². The summed E-state index contributed by atoms with van der Waals surface area (Å²) in [4.78, 5) is 6.54. The van der Waals surface area contributed by atoms with Crippen LogP contribution in [0.4, 0.5) is 0 Å². The average molecular weight is 248 g/mol. The zero-order valence-electron chi connectivity index (χ0n) is 10.5. The smallest absolute Gasteiger partial charge is 0.188 e. The second-order valence-corrected chi connectivity index (χ2v) is 4.72. The maximum atomic E-state index is 8.65. The molecule has 0 unspecified atom stereocenters. The van der Waals surface area contributed by atoms with Crippen molar-refractivity contribution in [2.45, 2.75) is 32.2 Å². The fourth-order valence-corrected chi connectivity index (χ4v) is 2.32. The Bertz CT molecular complexity index is 411. The molecule has 0 bridgehead atoms. The molecule has 1 fully saturated rings. The molecule has 2 heterocycles. The van der Waals surface area contributed by atoms with Gasteiger partial charge in [-0.05, 0) is 43.6 Å². The first-order valence-electron chi connectivity index (χ1n) is 6.45. The number of nitrogens with two attached hydrogens (primary N) is 1. The number of aromatic nitrogens is 1. The topological polar surface area (TPSA) is 74.7 Å². The summed E-state index contributed by atoms with van der Waals surface area (Å²) in [5.74, 6) is 0.0627. The lowest BCUT2D eigenvalue weighted by Crippen LogP contribution is -2.24. The Morgan fingerprint density at radius 1 is 1.33 bits per heavy atom. The number of rotatable bonds is 3. The molecule has 98 valence electrons. The summed E-state index contributed by atoms with van der Waals surface area (Å²) in [6, 6.07) is 3.87. The van der Waals surface area contributed by atoms with Crippen LogP contribution >= 0.6 is 0 Å². The van der Waals surface area contributed by atoms with E-state index in [4.69, 9.17) is 10.9 Å². The summed E-state index contributed by atoms with van der Waals surface area (Å²) in [5, 5.41) is 11.6. The van der Waals surface area contributed by atoms with E-state index in [1.165, 1.54) is 25.7 Å². The molecule has 1 aromatic heterocycles. The number of hydrogen-bond acceptors (Lipinski definition) is 4. The van der Waals surface area contributed by atoms with E-state index in [-0.39, 0.29) is 5.84 Å². The third kappa shape index (κ3) is 3.43. The summed E-state index contributed by atoms with van der Waals surface area (Å²) in [6.45, 7) is 3.22. The summed E-state index contributed by atoms with van der Waals surface area (Å²) in [7, 11) is 0. The predicted molar refractivity (Wildman–Crippen MR) is 70.5 cm³/mol. The second-order valence-electron chi connectivity index (χ2n) is 4.72. The van der Waals surface area contributed by atoms with Crippen LogP contribution < -0.4 is 5.73 Å². The zero-order valence-corrected chi connectivity index (χ0v) is 10.5. The summed E-state index contributed by atoms with van der Waals surface area (Å²) < 4.78 is 0. The number of hydrogen-bond donors (Lipinski definition) is 2. The molecule has 0 amide bonds. The molecular formula is C13H20N4O. The van der Waals surface area contributed by atoms with Gasteiger partial charge in [-0.3, -0.25) is 9.88 Å². The van der Waals surface area contributed by atoms with E-state index in [2.05, 4.69) is 15.0 Å². The Morgan fingerprint density at radius 2 is 2.06 bits per heavy atom. The van der Waals surface area contributed by atoms with Crippen molar-refractivity contribution in [3.05, 3.63) is 29.6 Å². The molecule has 18 heavy (non-hydrogen) atoms. The molecule has 5 nitrogen and oxygen atoms in total.